The van der Waals surface area contributed by atoms with Crippen molar-refractivity contribution in [1.82, 2.24) is 0 Å². The monoisotopic (exact) mass is 276 g/mol. The lowest BCUT2D eigenvalue weighted by atomic mass is 10.2. The van der Waals surface area contributed by atoms with Crippen molar-refractivity contribution < 1.29 is 0 Å². The third-order valence-corrected chi connectivity index (χ3v) is 3.07. The maximum absolute atomic E-state index is 4.63. The van der Waals surface area contributed by atoms with Gasteiger partial charge in [-0.25, -0.2) is 0 Å². The summed E-state index contributed by atoms with van der Waals surface area (Å²) >= 11 is 0. The Kier molecular flexibility index (Phi) is 5.53. The quantitative estimate of drug-likeness (QED) is 0.532. The second-order valence-corrected chi connectivity index (χ2v) is 4.64. The number of anilines is 1. The first-order chi connectivity index (χ1) is 10.3. The van der Waals surface area contributed by atoms with Crippen LogP contribution in [0.25, 0.3) is 0 Å². The summed E-state index contributed by atoms with van der Waals surface area (Å²) in [5.41, 5.74) is 3.13. The SMILES string of the molecule is C=CCN(CC=C)c1ccccc1/N=C/c1ccccc1. The number of hydrogen-bond donors (Lipinski definition) is 0. The second-order valence-electron chi connectivity index (χ2n) is 4.64. The molecule has 0 heterocycles. The highest BCUT2D eigenvalue weighted by Crippen LogP contribution is 2.28. The average molecular weight is 276 g/mol. The molecule has 2 aromatic carbocycles. The Morgan fingerprint density at radius 2 is 1.48 bits per heavy atom. The summed E-state index contributed by atoms with van der Waals surface area (Å²) in [7, 11) is 0. The zero-order valence-corrected chi connectivity index (χ0v) is 12.2. The zero-order valence-electron chi connectivity index (χ0n) is 12.2. The van der Waals surface area contributed by atoms with Crippen LogP contribution in [0, 0.1) is 0 Å². The lowest BCUT2D eigenvalue weighted by molar-refractivity contribution is 0.956. The minimum Gasteiger partial charge on any atom is -0.362 e. The van der Waals surface area contributed by atoms with Gasteiger partial charge in [-0.1, -0.05) is 54.6 Å². The van der Waals surface area contributed by atoms with E-state index in [1.54, 1.807) is 0 Å². The van der Waals surface area contributed by atoms with E-state index in [0.29, 0.717) is 0 Å². The van der Waals surface area contributed by atoms with E-state index in [4.69, 9.17) is 0 Å². The van der Waals surface area contributed by atoms with Crippen molar-refractivity contribution in [2.45, 2.75) is 0 Å². The predicted molar refractivity (Wildman–Crippen MR) is 92.7 cm³/mol. The molecule has 0 amide bonds. The average Bonchev–Trinajstić information content (AvgIpc) is 2.54. The van der Waals surface area contributed by atoms with E-state index in [1.165, 1.54) is 0 Å². The molecule has 0 saturated heterocycles. The van der Waals surface area contributed by atoms with Crippen LogP contribution < -0.4 is 4.90 Å². The molecule has 0 aromatic heterocycles. The van der Waals surface area contributed by atoms with Gasteiger partial charge in [0.05, 0.1) is 11.4 Å². The molecule has 0 radical (unpaired) electrons. The molecule has 0 fully saturated rings. The molecule has 2 aromatic rings. The number of para-hydroxylation sites is 2. The van der Waals surface area contributed by atoms with Crippen molar-refractivity contribution in [3.05, 3.63) is 85.5 Å². The van der Waals surface area contributed by atoms with E-state index in [-0.39, 0.29) is 0 Å². The smallest absolute Gasteiger partial charge is 0.0863 e. The molecule has 0 atom stereocenters. The summed E-state index contributed by atoms with van der Waals surface area (Å²) < 4.78 is 0. The van der Waals surface area contributed by atoms with Crippen LogP contribution in [-0.2, 0) is 0 Å². The molecule has 0 spiro atoms. The van der Waals surface area contributed by atoms with Crippen LogP contribution in [0.5, 0.6) is 0 Å². The third kappa shape index (κ3) is 4.18. The van der Waals surface area contributed by atoms with Crippen molar-refractivity contribution in [2.75, 3.05) is 18.0 Å². The van der Waals surface area contributed by atoms with E-state index in [0.717, 1.165) is 30.0 Å². The van der Waals surface area contributed by atoms with Gasteiger partial charge >= 0.3 is 0 Å². The Balaban J connectivity index is 2.29. The molecule has 106 valence electrons. The number of rotatable bonds is 7. The van der Waals surface area contributed by atoms with Gasteiger partial charge in [0.15, 0.2) is 0 Å². The molecule has 0 bridgehead atoms. The summed E-state index contributed by atoms with van der Waals surface area (Å²) in [6.07, 6.45) is 5.67. The van der Waals surface area contributed by atoms with Gasteiger partial charge in [0, 0.05) is 19.3 Å². The second kappa shape index (κ2) is 7.85. The van der Waals surface area contributed by atoms with Gasteiger partial charge in [-0.3, -0.25) is 4.99 Å². The molecular formula is C19H20N2. The highest BCUT2D eigenvalue weighted by molar-refractivity contribution is 5.84. The van der Waals surface area contributed by atoms with Crippen LogP contribution in [-0.4, -0.2) is 19.3 Å². The Hall–Kier alpha value is -2.61. The number of benzene rings is 2. The lowest BCUT2D eigenvalue weighted by Gasteiger charge is -2.23. The molecule has 2 nitrogen and oxygen atoms in total. The van der Waals surface area contributed by atoms with Gasteiger partial charge in [-0.2, -0.15) is 0 Å². The zero-order chi connectivity index (χ0) is 14.9. The van der Waals surface area contributed by atoms with Gasteiger partial charge in [0.25, 0.3) is 0 Å². The number of nitrogens with zero attached hydrogens (tertiary/aromatic N) is 2. The molecule has 0 unspecified atom stereocenters. The summed E-state index contributed by atoms with van der Waals surface area (Å²) in [4.78, 5) is 6.82. The van der Waals surface area contributed by atoms with Gasteiger partial charge in [-0.15, -0.1) is 13.2 Å². The van der Waals surface area contributed by atoms with Gasteiger partial charge in [0.2, 0.25) is 0 Å². The first-order valence-corrected chi connectivity index (χ1v) is 7.00. The normalized spacial score (nSPS) is 10.5. The summed E-state index contributed by atoms with van der Waals surface area (Å²) in [5.74, 6) is 0. The fourth-order valence-electron chi connectivity index (χ4n) is 2.11. The maximum Gasteiger partial charge on any atom is 0.0863 e. The fraction of sp³-hybridized carbons (Fsp3) is 0.105. The first kappa shape index (κ1) is 14.8. The van der Waals surface area contributed by atoms with Crippen molar-refractivity contribution >= 4 is 17.6 Å². The molecule has 0 aliphatic carbocycles. The molecule has 0 N–H and O–H groups in total. The maximum atomic E-state index is 4.63. The van der Waals surface area contributed by atoms with E-state index >= 15 is 0 Å². The van der Waals surface area contributed by atoms with Crippen LogP contribution >= 0.6 is 0 Å². The van der Waals surface area contributed by atoms with Gasteiger partial charge in [0.1, 0.15) is 0 Å². The minimum atomic E-state index is 0.768. The number of hydrogen-bond acceptors (Lipinski definition) is 2. The van der Waals surface area contributed by atoms with Crippen molar-refractivity contribution in [2.24, 2.45) is 4.99 Å². The van der Waals surface area contributed by atoms with E-state index < -0.39 is 0 Å². The van der Waals surface area contributed by atoms with Crippen LogP contribution in [0.2, 0.25) is 0 Å². The van der Waals surface area contributed by atoms with E-state index in [9.17, 15) is 0 Å². The molecule has 0 saturated carbocycles. The van der Waals surface area contributed by atoms with Crippen LogP contribution in [0.15, 0.2) is 84.9 Å². The van der Waals surface area contributed by atoms with Crippen LogP contribution in [0.3, 0.4) is 0 Å². The van der Waals surface area contributed by atoms with Crippen molar-refractivity contribution in [1.29, 1.82) is 0 Å². The Labute approximate surface area is 126 Å². The molecule has 2 rings (SSSR count). The molecule has 2 heteroatoms. The highest BCUT2D eigenvalue weighted by Gasteiger charge is 2.07. The summed E-state index contributed by atoms with van der Waals surface area (Å²) in [6, 6.07) is 18.2. The minimum absolute atomic E-state index is 0.768. The highest BCUT2D eigenvalue weighted by atomic mass is 15.1. The Bertz CT molecular complexity index is 604. The third-order valence-electron chi connectivity index (χ3n) is 3.07. The molecule has 0 aliphatic heterocycles. The fourth-order valence-corrected chi connectivity index (χ4v) is 2.11. The van der Waals surface area contributed by atoms with Crippen LogP contribution in [0.1, 0.15) is 5.56 Å². The lowest BCUT2D eigenvalue weighted by Crippen LogP contribution is -2.23. The topological polar surface area (TPSA) is 15.6 Å². The van der Waals surface area contributed by atoms with Gasteiger partial charge in [-0.05, 0) is 17.7 Å². The van der Waals surface area contributed by atoms with Crippen LogP contribution in [0.4, 0.5) is 11.4 Å². The van der Waals surface area contributed by atoms with E-state index in [2.05, 4.69) is 29.1 Å². The number of aliphatic imine (C=N–C) groups is 1. The Morgan fingerprint density at radius 1 is 0.857 bits per heavy atom. The Morgan fingerprint density at radius 3 is 2.14 bits per heavy atom. The standard InChI is InChI=1S/C19H20N2/c1-3-14-21(15-4-2)19-13-9-8-12-18(19)20-16-17-10-6-5-7-11-17/h3-13,16H,1-2,14-15H2/b20-16+. The van der Waals surface area contributed by atoms with Crippen molar-refractivity contribution in [3.63, 3.8) is 0 Å². The van der Waals surface area contributed by atoms with Crippen molar-refractivity contribution in [3.8, 4) is 0 Å². The summed E-state index contributed by atoms with van der Waals surface area (Å²) in [6.45, 7) is 9.17. The van der Waals surface area contributed by atoms with Gasteiger partial charge < -0.3 is 4.90 Å². The van der Waals surface area contributed by atoms with E-state index in [1.807, 2.05) is 66.9 Å². The molecule has 0 aliphatic rings. The largest absolute Gasteiger partial charge is 0.362 e. The first-order valence-electron chi connectivity index (χ1n) is 7.00. The summed E-state index contributed by atoms with van der Waals surface area (Å²) in [5, 5.41) is 0. The molecular weight excluding hydrogens is 256 g/mol. The molecule has 21 heavy (non-hydrogen) atoms. The predicted octanol–water partition coefficient (Wildman–Crippen LogP) is 4.62.